The van der Waals surface area contributed by atoms with Gasteiger partial charge in [0.15, 0.2) is 0 Å². The number of nitrogen functional groups attached to an aromatic ring is 1. The first-order valence-corrected chi connectivity index (χ1v) is 5.16. The van der Waals surface area contributed by atoms with Crippen molar-refractivity contribution in [1.29, 1.82) is 0 Å². The predicted octanol–water partition coefficient (Wildman–Crippen LogP) is 2.40. The fraction of sp³-hybridized carbons (Fsp3) is 0. The maximum Gasteiger partial charge on any atom is 0.256 e. The van der Waals surface area contributed by atoms with E-state index in [0.29, 0.717) is 22.0 Å². The van der Waals surface area contributed by atoms with Crippen LogP contribution < -0.4 is 11.3 Å². The van der Waals surface area contributed by atoms with Gasteiger partial charge in [0.2, 0.25) is 0 Å². The molecule has 0 aliphatic carbocycles. The summed E-state index contributed by atoms with van der Waals surface area (Å²) in [6.07, 6.45) is 0. The number of benzene rings is 2. The quantitative estimate of drug-likeness (QED) is 0.458. The molecule has 0 amide bonds. The SMILES string of the molecule is Nc1cccc2[nH]c(=O)c3cc(F)ccc3c12. The average molecular weight is 228 g/mol. The molecule has 84 valence electrons. The Bertz CT molecular complexity index is 792. The molecular weight excluding hydrogens is 219 g/mol. The molecule has 0 saturated heterocycles. The molecule has 3 aromatic rings. The molecule has 0 bridgehead atoms. The van der Waals surface area contributed by atoms with Crippen LogP contribution in [0.2, 0.25) is 0 Å². The monoisotopic (exact) mass is 228 g/mol. The lowest BCUT2D eigenvalue weighted by Gasteiger charge is -2.06. The van der Waals surface area contributed by atoms with Gasteiger partial charge in [-0.1, -0.05) is 12.1 Å². The molecule has 0 atom stereocenters. The summed E-state index contributed by atoms with van der Waals surface area (Å²) in [6.45, 7) is 0. The van der Waals surface area contributed by atoms with Gasteiger partial charge in [0, 0.05) is 11.1 Å². The summed E-state index contributed by atoms with van der Waals surface area (Å²) < 4.78 is 13.1. The number of pyridine rings is 1. The van der Waals surface area contributed by atoms with E-state index >= 15 is 0 Å². The van der Waals surface area contributed by atoms with Crippen molar-refractivity contribution in [2.24, 2.45) is 0 Å². The lowest BCUT2D eigenvalue weighted by molar-refractivity contribution is 0.629. The molecule has 3 nitrogen and oxygen atoms in total. The van der Waals surface area contributed by atoms with Gasteiger partial charge in [0.25, 0.3) is 5.56 Å². The Morgan fingerprint density at radius 1 is 1.12 bits per heavy atom. The van der Waals surface area contributed by atoms with E-state index in [1.807, 2.05) is 0 Å². The summed E-state index contributed by atoms with van der Waals surface area (Å²) in [4.78, 5) is 14.5. The Hall–Kier alpha value is -2.36. The van der Waals surface area contributed by atoms with E-state index in [1.165, 1.54) is 12.1 Å². The van der Waals surface area contributed by atoms with E-state index < -0.39 is 5.82 Å². The van der Waals surface area contributed by atoms with Crippen LogP contribution in [0.3, 0.4) is 0 Å². The Balaban J connectivity index is 2.68. The highest BCUT2D eigenvalue weighted by atomic mass is 19.1. The largest absolute Gasteiger partial charge is 0.398 e. The molecule has 2 aromatic carbocycles. The van der Waals surface area contributed by atoms with Gasteiger partial charge in [-0.3, -0.25) is 4.79 Å². The number of hydrogen-bond acceptors (Lipinski definition) is 2. The molecule has 0 aliphatic heterocycles. The van der Waals surface area contributed by atoms with Crippen LogP contribution in [-0.4, -0.2) is 4.98 Å². The molecule has 0 unspecified atom stereocenters. The van der Waals surface area contributed by atoms with Gasteiger partial charge in [-0.05, 0) is 29.7 Å². The minimum absolute atomic E-state index is 0.308. The van der Waals surface area contributed by atoms with Crippen molar-refractivity contribution in [2.45, 2.75) is 0 Å². The van der Waals surface area contributed by atoms with Gasteiger partial charge >= 0.3 is 0 Å². The van der Waals surface area contributed by atoms with Gasteiger partial charge in [-0.25, -0.2) is 4.39 Å². The van der Waals surface area contributed by atoms with Crippen LogP contribution in [0, 0.1) is 5.82 Å². The number of aromatic amines is 1. The second-order valence-corrected chi connectivity index (χ2v) is 3.91. The predicted molar refractivity (Wildman–Crippen MR) is 66.4 cm³/mol. The number of H-pyrrole nitrogens is 1. The maximum atomic E-state index is 13.1. The average Bonchev–Trinajstić information content (AvgIpc) is 2.30. The minimum Gasteiger partial charge on any atom is -0.398 e. The first kappa shape index (κ1) is 9.84. The second-order valence-electron chi connectivity index (χ2n) is 3.91. The topological polar surface area (TPSA) is 58.9 Å². The molecule has 0 spiro atoms. The van der Waals surface area contributed by atoms with E-state index in [2.05, 4.69) is 4.98 Å². The zero-order valence-electron chi connectivity index (χ0n) is 8.83. The molecule has 3 rings (SSSR count). The highest BCUT2D eigenvalue weighted by Gasteiger charge is 2.07. The summed E-state index contributed by atoms with van der Waals surface area (Å²) in [7, 11) is 0. The number of fused-ring (bicyclic) bond motifs is 3. The third-order valence-electron chi connectivity index (χ3n) is 2.84. The van der Waals surface area contributed by atoms with Crippen LogP contribution >= 0.6 is 0 Å². The second kappa shape index (κ2) is 3.31. The highest BCUT2D eigenvalue weighted by Crippen LogP contribution is 2.26. The van der Waals surface area contributed by atoms with E-state index in [-0.39, 0.29) is 5.56 Å². The molecule has 3 N–H and O–H groups in total. The Labute approximate surface area is 95.7 Å². The zero-order valence-corrected chi connectivity index (χ0v) is 8.83. The number of nitrogens with one attached hydrogen (secondary N) is 1. The molecule has 17 heavy (non-hydrogen) atoms. The van der Waals surface area contributed by atoms with Crippen LogP contribution in [0.4, 0.5) is 10.1 Å². The van der Waals surface area contributed by atoms with Crippen molar-refractivity contribution in [3.63, 3.8) is 0 Å². The van der Waals surface area contributed by atoms with E-state index in [1.54, 1.807) is 24.3 Å². The number of hydrogen-bond donors (Lipinski definition) is 2. The van der Waals surface area contributed by atoms with Crippen molar-refractivity contribution in [1.82, 2.24) is 4.98 Å². The number of halogens is 1. The third kappa shape index (κ3) is 1.38. The number of rotatable bonds is 0. The van der Waals surface area contributed by atoms with Crippen molar-refractivity contribution in [3.05, 3.63) is 52.6 Å². The van der Waals surface area contributed by atoms with Crippen LogP contribution in [0.1, 0.15) is 0 Å². The van der Waals surface area contributed by atoms with Crippen LogP contribution in [-0.2, 0) is 0 Å². The third-order valence-corrected chi connectivity index (χ3v) is 2.84. The van der Waals surface area contributed by atoms with Gasteiger partial charge in [-0.2, -0.15) is 0 Å². The van der Waals surface area contributed by atoms with E-state index in [9.17, 15) is 9.18 Å². The maximum absolute atomic E-state index is 13.1. The summed E-state index contributed by atoms with van der Waals surface area (Å²) in [6, 6.07) is 9.43. The van der Waals surface area contributed by atoms with Crippen LogP contribution in [0.5, 0.6) is 0 Å². The van der Waals surface area contributed by atoms with Crippen molar-refractivity contribution < 1.29 is 4.39 Å². The van der Waals surface area contributed by atoms with Gasteiger partial charge in [0.05, 0.1) is 10.9 Å². The summed E-state index contributed by atoms with van der Waals surface area (Å²) in [5.74, 6) is -0.433. The first-order chi connectivity index (χ1) is 8.16. The zero-order chi connectivity index (χ0) is 12.0. The van der Waals surface area contributed by atoms with Crippen molar-refractivity contribution in [2.75, 3.05) is 5.73 Å². The lowest BCUT2D eigenvalue weighted by atomic mass is 10.1. The Morgan fingerprint density at radius 2 is 1.94 bits per heavy atom. The molecule has 4 heteroatoms. The van der Waals surface area contributed by atoms with Crippen molar-refractivity contribution >= 4 is 27.4 Å². The summed E-state index contributed by atoms with van der Waals surface area (Å²) in [5.41, 5.74) is 6.81. The lowest BCUT2D eigenvalue weighted by Crippen LogP contribution is -2.07. The summed E-state index contributed by atoms with van der Waals surface area (Å²) >= 11 is 0. The van der Waals surface area contributed by atoms with Gasteiger partial charge in [0.1, 0.15) is 5.82 Å². The Morgan fingerprint density at radius 3 is 2.76 bits per heavy atom. The van der Waals surface area contributed by atoms with Crippen molar-refractivity contribution in [3.8, 4) is 0 Å². The van der Waals surface area contributed by atoms with E-state index in [4.69, 9.17) is 5.73 Å². The van der Waals surface area contributed by atoms with Gasteiger partial charge in [-0.15, -0.1) is 0 Å². The fourth-order valence-electron chi connectivity index (χ4n) is 2.09. The highest BCUT2D eigenvalue weighted by molar-refractivity contribution is 6.10. The Kier molecular flexibility index (Phi) is 1.92. The number of nitrogens with two attached hydrogens (primary N) is 1. The first-order valence-electron chi connectivity index (χ1n) is 5.16. The molecule has 0 saturated carbocycles. The van der Waals surface area contributed by atoms with Crippen LogP contribution in [0.15, 0.2) is 41.2 Å². The standard InChI is InChI=1S/C13H9FN2O/c14-7-4-5-8-9(6-7)13(17)16-11-3-1-2-10(15)12(8)11/h1-6H,15H2,(H,16,17). The summed E-state index contributed by atoms with van der Waals surface area (Å²) in [5, 5.41) is 1.74. The number of anilines is 1. The van der Waals surface area contributed by atoms with Crippen LogP contribution in [0.25, 0.3) is 21.7 Å². The molecule has 0 radical (unpaired) electrons. The normalized spacial score (nSPS) is 11.1. The minimum atomic E-state index is -0.433. The molecule has 0 fully saturated rings. The van der Waals surface area contributed by atoms with Gasteiger partial charge < -0.3 is 10.7 Å². The molecule has 1 heterocycles. The molecule has 0 aliphatic rings. The fourth-order valence-corrected chi connectivity index (χ4v) is 2.09. The number of aromatic nitrogens is 1. The molecule has 1 aromatic heterocycles. The van der Waals surface area contributed by atoms with E-state index in [0.717, 1.165) is 5.39 Å². The molecular formula is C13H9FN2O. The smallest absolute Gasteiger partial charge is 0.256 e.